The lowest BCUT2D eigenvalue weighted by molar-refractivity contribution is -0.120. The summed E-state index contributed by atoms with van der Waals surface area (Å²) in [7, 11) is 0. The Labute approximate surface area is 143 Å². The highest BCUT2D eigenvalue weighted by Crippen LogP contribution is 2.29. The standard InChI is InChI=1S/C16H23ClN2O2.ClH/c1-10(2)21-15-5-4-13(9-14(15)17)19-16(20)12-6-7-18-11(3)8-12;/h4-5,9-12,18H,6-8H2,1-3H3,(H,19,20);1H/t11-,12-;/m0./s1. The van der Waals surface area contributed by atoms with Crippen molar-refractivity contribution in [2.45, 2.75) is 45.8 Å². The Kier molecular flexibility index (Phi) is 7.46. The van der Waals surface area contributed by atoms with Gasteiger partial charge in [-0.3, -0.25) is 4.79 Å². The van der Waals surface area contributed by atoms with Crippen molar-refractivity contribution in [1.82, 2.24) is 5.32 Å². The summed E-state index contributed by atoms with van der Waals surface area (Å²) >= 11 is 6.18. The van der Waals surface area contributed by atoms with Crippen molar-refractivity contribution < 1.29 is 9.53 Å². The lowest BCUT2D eigenvalue weighted by atomic mass is 9.92. The molecule has 124 valence electrons. The number of amides is 1. The molecule has 0 spiro atoms. The van der Waals surface area contributed by atoms with Gasteiger partial charge in [-0.15, -0.1) is 12.4 Å². The van der Waals surface area contributed by atoms with Gasteiger partial charge in [0.2, 0.25) is 5.91 Å². The van der Waals surface area contributed by atoms with Gasteiger partial charge in [0, 0.05) is 17.6 Å². The third-order valence-electron chi connectivity index (χ3n) is 3.56. The normalized spacial score (nSPS) is 21.1. The van der Waals surface area contributed by atoms with E-state index in [0.29, 0.717) is 22.5 Å². The Hall–Kier alpha value is -0.970. The number of anilines is 1. The molecule has 4 nitrogen and oxygen atoms in total. The molecule has 1 amide bonds. The van der Waals surface area contributed by atoms with E-state index < -0.39 is 0 Å². The van der Waals surface area contributed by atoms with Crippen LogP contribution in [0.2, 0.25) is 5.02 Å². The summed E-state index contributed by atoms with van der Waals surface area (Å²) < 4.78 is 5.58. The second-order valence-corrected chi connectivity index (χ2v) is 6.28. The third kappa shape index (κ3) is 5.34. The van der Waals surface area contributed by atoms with Gasteiger partial charge in [-0.05, 0) is 58.4 Å². The van der Waals surface area contributed by atoms with E-state index in [0.717, 1.165) is 19.4 Å². The molecule has 22 heavy (non-hydrogen) atoms. The number of hydrogen-bond donors (Lipinski definition) is 2. The highest BCUT2D eigenvalue weighted by Gasteiger charge is 2.24. The summed E-state index contributed by atoms with van der Waals surface area (Å²) in [6.45, 7) is 6.89. The van der Waals surface area contributed by atoms with Crippen LogP contribution in [0, 0.1) is 5.92 Å². The van der Waals surface area contributed by atoms with Gasteiger partial charge < -0.3 is 15.4 Å². The van der Waals surface area contributed by atoms with Crippen LogP contribution in [0.3, 0.4) is 0 Å². The molecular formula is C16H24Cl2N2O2. The fourth-order valence-corrected chi connectivity index (χ4v) is 2.77. The molecule has 1 aromatic rings. The van der Waals surface area contributed by atoms with Gasteiger partial charge in [0.1, 0.15) is 5.75 Å². The SMILES string of the molecule is CC(C)Oc1ccc(NC(=O)[C@H]2CCN[C@@H](C)C2)cc1Cl.Cl. The Bertz CT molecular complexity index is 509. The summed E-state index contributed by atoms with van der Waals surface area (Å²) in [5.74, 6) is 0.767. The molecule has 2 atom stereocenters. The molecule has 2 rings (SSSR count). The zero-order valence-corrected chi connectivity index (χ0v) is 14.8. The van der Waals surface area contributed by atoms with Crippen molar-refractivity contribution in [1.29, 1.82) is 0 Å². The average molecular weight is 347 g/mol. The average Bonchev–Trinajstić information content (AvgIpc) is 2.41. The number of benzene rings is 1. The van der Waals surface area contributed by atoms with Crippen molar-refractivity contribution in [2.24, 2.45) is 5.92 Å². The second kappa shape index (κ2) is 8.61. The molecule has 1 aromatic carbocycles. The van der Waals surface area contributed by atoms with E-state index >= 15 is 0 Å². The summed E-state index contributed by atoms with van der Waals surface area (Å²) in [5.41, 5.74) is 0.715. The molecule has 0 unspecified atom stereocenters. The molecule has 1 saturated heterocycles. The van der Waals surface area contributed by atoms with Crippen molar-refractivity contribution in [2.75, 3.05) is 11.9 Å². The maximum atomic E-state index is 12.3. The topological polar surface area (TPSA) is 50.4 Å². The largest absolute Gasteiger partial charge is 0.489 e. The van der Waals surface area contributed by atoms with Crippen LogP contribution in [0.25, 0.3) is 0 Å². The summed E-state index contributed by atoms with van der Waals surface area (Å²) in [6.07, 6.45) is 1.81. The molecule has 0 aromatic heterocycles. The first-order valence-corrected chi connectivity index (χ1v) is 7.84. The van der Waals surface area contributed by atoms with Crippen molar-refractivity contribution in [3.8, 4) is 5.75 Å². The highest BCUT2D eigenvalue weighted by molar-refractivity contribution is 6.32. The third-order valence-corrected chi connectivity index (χ3v) is 3.85. The lowest BCUT2D eigenvalue weighted by Gasteiger charge is -2.27. The predicted octanol–water partition coefficient (Wildman–Crippen LogP) is 3.88. The van der Waals surface area contributed by atoms with Crippen LogP contribution in [0.4, 0.5) is 5.69 Å². The van der Waals surface area contributed by atoms with E-state index in [4.69, 9.17) is 16.3 Å². The Balaban J connectivity index is 0.00000242. The Morgan fingerprint density at radius 2 is 2.18 bits per heavy atom. The fraction of sp³-hybridized carbons (Fsp3) is 0.562. The first-order chi connectivity index (χ1) is 9.95. The maximum absolute atomic E-state index is 12.3. The van der Waals surface area contributed by atoms with Crippen molar-refractivity contribution in [3.05, 3.63) is 23.2 Å². The monoisotopic (exact) mass is 346 g/mol. The van der Waals surface area contributed by atoms with Crippen LogP contribution in [0.5, 0.6) is 5.75 Å². The quantitative estimate of drug-likeness (QED) is 0.869. The number of ether oxygens (including phenoxy) is 1. The summed E-state index contributed by atoms with van der Waals surface area (Å²) in [5, 5.41) is 6.81. The fourth-order valence-electron chi connectivity index (χ4n) is 2.54. The molecule has 0 aliphatic carbocycles. The number of rotatable bonds is 4. The predicted molar refractivity (Wildman–Crippen MR) is 93.3 cm³/mol. The van der Waals surface area contributed by atoms with Crippen LogP contribution >= 0.6 is 24.0 Å². The minimum atomic E-state index is 0. The van der Waals surface area contributed by atoms with Gasteiger partial charge in [-0.2, -0.15) is 0 Å². The van der Waals surface area contributed by atoms with Gasteiger partial charge >= 0.3 is 0 Å². The van der Waals surface area contributed by atoms with Crippen molar-refractivity contribution >= 4 is 35.6 Å². The van der Waals surface area contributed by atoms with Crippen LogP contribution in [-0.4, -0.2) is 24.6 Å². The smallest absolute Gasteiger partial charge is 0.227 e. The molecule has 2 N–H and O–H groups in total. The van der Waals surface area contributed by atoms with Gasteiger partial charge in [-0.1, -0.05) is 11.6 Å². The number of carbonyl (C=O) groups is 1. The number of piperidine rings is 1. The van der Waals surface area contributed by atoms with Gasteiger partial charge in [0.25, 0.3) is 0 Å². The molecule has 1 aliphatic rings. The number of nitrogens with one attached hydrogen (secondary N) is 2. The molecule has 1 heterocycles. The minimum absolute atomic E-state index is 0. The molecule has 0 saturated carbocycles. The summed E-state index contributed by atoms with van der Waals surface area (Å²) in [6, 6.07) is 5.75. The number of hydrogen-bond acceptors (Lipinski definition) is 3. The van der Waals surface area contributed by atoms with Crippen LogP contribution < -0.4 is 15.4 Å². The lowest BCUT2D eigenvalue weighted by Crippen LogP contribution is -2.40. The van der Waals surface area contributed by atoms with E-state index in [1.807, 2.05) is 19.9 Å². The maximum Gasteiger partial charge on any atom is 0.227 e. The van der Waals surface area contributed by atoms with Crippen molar-refractivity contribution in [3.63, 3.8) is 0 Å². The number of carbonyl (C=O) groups excluding carboxylic acids is 1. The van der Waals surface area contributed by atoms with Crippen LogP contribution in [-0.2, 0) is 4.79 Å². The van der Waals surface area contributed by atoms with E-state index in [9.17, 15) is 4.79 Å². The van der Waals surface area contributed by atoms with Gasteiger partial charge in [-0.25, -0.2) is 0 Å². The molecule has 1 fully saturated rings. The molecular weight excluding hydrogens is 323 g/mol. The first kappa shape index (κ1) is 19.1. The van der Waals surface area contributed by atoms with E-state index in [1.165, 1.54) is 0 Å². The zero-order valence-electron chi connectivity index (χ0n) is 13.2. The second-order valence-electron chi connectivity index (χ2n) is 5.88. The Morgan fingerprint density at radius 1 is 1.45 bits per heavy atom. The van der Waals surface area contributed by atoms with E-state index in [2.05, 4.69) is 17.6 Å². The van der Waals surface area contributed by atoms with Gasteiger partial charge in [0.05, 0.1) is 11.1 Å². The molecule has 0 bridgehead atoms. The Morgan fingerprint density at radius 3 is 2.77 bits per heavy atom. The highest BCUT2D eigenvalue weighted by atomic mass is 35.5. The van der Waals surface area contributed by atoms with E-state index in [1.54, 1.807) is 12.1 Å². The minimum Gasteiger partial charge on any atom is -0.489 e. The molecule has 0 radical (unpaired) electrons. The van der Waals surface area contributed by atoms with E-state index in [-0.39, 0.29) is 30.3 Å². The van der Waals surface area contributed by atoms with Crippen LogP contribution in [0.1, 0.15) is 33.6 Å². The molecule has 6 heteroatoms. The van der Waals surface area contributed by atoms with Gasteiger partial charge in [0.15, 0.2) is 0 Å². The van der Waals surface area contributed by atoms with Crippen LogP contribution in [0.15, 0.2) is 18.2 Å². The summed E-state index contributed by atoms with van der Waals surface area (Å²) in [4.78, 5) is 12.3. The number of halogens is 2. The molecule has 1 aliphatic heterocycles. The first-order valence-electron chi connectivity index (χ1n) is 7.46. The zero-order chi connectivity index (χ0) is 15.4.